The molecule has 0 aliphatic carbocycles. The van der Waals surface area contributed by atoms with Crippen LogP contribution in [0.3, 0.4) is 0 Å². The van der Waals surface area contributed by atoms with Crippen molar-refractivity contribution in [3.05, 3.63) is 24.3 Å². The van der Waals surface area contributed by atoms with Crippen LogP contribution in [0.5, 0.6) is 0 Å². The summed E-state index contributed by atoms with van der Waals surface area (Å²) in [6, 6.07) is 6.35. The molecule has 0 bridgehead atoms. The molecule has 0 aromatic heterocycles. The highest BCUT2D eigenvalue weighted by atomic mass is 16.2. The van der Waals surface area contributed by atoms with Crippen LogP contribution in [0.1, 0.15) is 26.2 Å². The number of amides is 3. The van der Waals surface area contributed by atoms with E-state index in [4.69, 9.17) is 5.73 Å². The van der Waals surface area contributed by atoms with E-state index in [1.807, 2.05) is 24.3 Å². The maximum absolute atomic E-state index is 12.1. The van der Waals surface area contributed by atoms with Crippen molar-refractivity contribution < 1.29 is 9.59 Å². The fraction of sp³-hybridized carbons (Fsp3) is 0.467. The number of nitrogens with one attached hydrogen (secondary N) is 2. The highest BCUT2D eigenvalue weighted by Crippen LogP contribution is 2.28. The quantitative estimate of drug-likeness (QED) is 0.788. The van der Waals surface area contributed by atoms with Gasteiger partial charge in [-0.15, -0.1) is 0 Å². The van der Waals surface area contributed by atoms with Crippen molar-refractivity contribution in [3.8, 4) is 0 Å². The summed E-state index contributed by atoms with van der Waals surface area (Å²) < 4.78 is 0. The van der Waals surface area contributed by atoms with Gasteiger partial charge in [0.25, 0.3) is 0 Å². The van der Waals surface area contributed by atoms with Crippen molar-refractivity contribution >= 4 is 23.3 Å². The van der Waals surface area contributed by atoms with E-state index in [1.165, 1.54) is 19.3 Å². The van der Waals surface area contributed by atoms with Crippen molar-refractivity contribution in [2.45, 2.75) is 32.2 Å². The van der Waals surface area contributed by atoms with Crippen LogP contribution in [-0.4, -0.2) is 31.1 Å². The number of rotatable bonds is 4. The average Bonchev–Trinajstić information content (AvgIpc) is 2.48. The number of nitrogens with two attached hydrogens (primary N) is 1. The Morgan fingerprint density at radius 3 is 2.52 bits per heavy atom. The lowest BCUT2D eigenvalue weighted by Crippen LogP contribution is -2.44. The van der Waals surface area contributed by atoms with Crippen molar-refractivity contribution in [3.63, 3.8) is 0 Å². The number of nitrogens with zero attached hydrogens (tertiary/aromatic N) is 1. The average molecular weight is 290 g/mol. The van der Waals surface area contributed by atoms with Gasteiger partial charge in [0.1, 0.15) is 6.04 Å². The number of hydrogen-bond acceptors (Lipinski definition) is 3. The number of piperidine rings is 1. The molecule has 0 radical (unpaired) electrons. The third kappa shape index (κ3) is 4.11. The van der Waals surface area contributed by atoms with Crippen LogP contribution in [-0.2, 0) is 4.79 Å². The van der Waals surface area contributed by atoms with E-state index in [9.17, 15) is 9.59 Å². The van der Waals surface area contributed by atoms with E-state index in [2.05, 4.69) is 15.5 Å². The van der Waals surface area contributed by atoms with E-state index in [-0.39, 0.29) is 5.91 Å². The van der Waals surface area contributed by atoms with Crippen molar-refractivity contribution in [2.75, 3.05) is 23.3 Å². The Labute approximate surface area is 124 Å². The van der Waals surface area contributed by atoms with Crippen LogP contribution in [0, 0.1) is 0 Å². The predicted molar refractivity (Wildman–Crippen MR) is 83.3 cm³/mol. The van der Waals surface area contributed by atoms with E-state index >= 15 is 0 Å². The van der Waals surface area contributed by atoms with Gasteiger partial charge in [-0.25, -0.2) is 4.79 Å². The van der Waals surface area contributed by atoms with Crippen LogP contribution in [0.2, 0.25) is 0 Å². The Morgan fingerprint density at radius 1 is 1.19 bits per heavy atom. The van der Waals surface area contributed by atoms with Crippen LogP contribution < -0.4 is 21.3 Å². The zero-order valence-corrected chi connectivity index (χ0v) is 12.3. The highest BCUT2D eigenvalue weighted by Gasteiger charge is 2.18. The molecule has 2 rings (SSSR count). The molecule has 6 heteroatoms. The zero-order chi connectivity index (χ0) is 15.2. The van der Waals surface area contributed by atoms with Crippen LogP contribution in [0.4, 0.5) is 16.2 Å². The Morgan fingerprint density at radius 2 is 1.86 bits per heavy atom. The number of hydrogen-bond donors (Lipinski definition) is 3. The van der Waals surface area contributed by atoms with Gasteiger partial charge in [-0.1, -0.05) is 12.1 Å². The standard InChI is InChI=1S/C15H22N4O2/c1-11(17-15(16)21)14(20)18-12-7-3-4-8-13(12)19-9-5-2-6-10-19/h3-4,7-8,11H,2,5-6,9-10H2,1H3,(H,18,20)(H3,16,17,21). The van der Waals surface area contributed by atoms with E-state index in [0.29, 0.717) is 0 Å². The number of para-hydroxylation sites is 2. The normalized spacial score (nSPS) is 16.1. The minimum absolute atomic E-state index is 0.279. The van der Waals surface area contributed by atoms with Gasteiger partial charge < -0.3 is 21.3 Å². The SMILES string of the molecule is CC(NC(N)=O)C(=O)Nc1ccccc1N1CCCCC1. The molecule has 1 aromatic rings. The molecule has 6 nitrogen and oxygen atoms in total. The first-order valence-electron chi connectivity index (χ1n) is 7.29. The molecule has 21 heavy (non-hydrogen) atoms. The van der Waals surface area contributed by atoms with E-state index in [1.54, 1.807) is 6.92 Å². The second kappa shape index (κ2) is 6.97. The minimum Gasteiger partial charge on any atom is -0.370 e. The minimum atomic E-state index is -0.707. The van der Waals surface area contributed by atoms with Crippen molar-refractivity contribution in [1.29, 1.82) is 0 Å². The summed E-state index contributed by atoms with van der Waals surface area (Å²) in [6.07, 6.45) is 3.59. The Bertz CT molecular complexity index is 512. The van der Waals surface area contributed by atoms with Crippen LogP contribution in [0.15, 0.2) is 24.3 Å². The summed E-state index contributed by atoms with van der Waals surface area (Å²) >= 11 is 0. The maximum Gasteiger partial charge on any atom is 0.312 e. The molecule has 0 saturated carbocycles. The second-order valence-corrected chi connectivity index (χ2v) is 5.28. The number of primary amides is 1. The number of urea groups is 1. The van der Waals surface area contributed by atoms with Gasteiger partial charge >= 0.3 is 6.03 Å². The molecule has 1 fully saturated rings. The molecule has 4 N–H and O–H groups in total. The van der Waals surface area contributed by atoms with Crippen LogP contribution >= 0.6 is 0 Å². The summed E-state index contributed by atoms with van der Waals surface area (Å²) in [5.41, 5.74) is 6.82. The summed E-state index contributed by atoms with van der Waals surface area (Å²) in [7, 11) is 0. The topological polar surface area (TPSA) is 87.5 Å². The predicted octanol–water partition coefficient (Wildman–Crippen LogP) is 1.67. The van der Waals surface area contributed by atoms with Crippen molar-refractivity contribution in [1.82, 2.24) is 5.32 Å². The molecule has 1 atom stereocenters. The fourth-order valence-electron chi connectivity index (χ4n) is 2.51. The van der Waals surface area contributed by atoms with Crippen LogP contribution in [0.25, 0.3) is 0 Å². The molecular formula is C15H22N4O2. The molecule has 1 heterocycles. The Hall–Kier alpha value is -2.24. The molecule has 1 aliphatic rings. The fourth-order valence-corrected chi connectivity index (χ4v) is 2.51. The Kier molecular flexibility index (Phi) is 5.03. The number of carbonyl (C=O) groups excluding carboxylic acids is 2. The molecule has 1 aliphatic heterocycles. The molecule has 114 valence electrons. The third-order valence-corrected chi connectivity index (χ3v) is 3.61. The molecule has 1 saturated heterocycles. The van der Waals surface area contributed by atoms with Gasteiger partial charge in [-0.2, -0.15) is 0 Å². The van der Waals surface area contributed by atoms with Gasteiger partial charge in [0.05, 0.1) is 11.4 Å². The first-order valence-corrected chi connectivity index (χ1v) is 7.29. The molecule has 0 spiro atoms. The first kappa shape index (κ1) is 15.2. The second-order valence-electron chi connectivity index (χ2n) is 5.28. The number of carbonyl (C=O) groups is 2. The molecule has 1 unspecified atom stereocenters. The van der Waals surface area contributed by atoms with E-state index < -0.39 is 12.1 Å². The number of anilines is 2. The molecular weight excluding hydrogens is 268 g/mol. The zero-order valence-electron chi connectivity index (χ0n) is 12.3. The van der Waals surface area contributed by atoms with Gasteiger partial charge in [-0.3, -0.25) is 4.79 Å². The molecule has 3 amide bonds. The summed E-state index contributed by atoms with van der Waals surface area (Å²) in [5, 5.41) is 5.24. The lowest BCUT2D eigenvalue weighted by Gasteiger charge is -2.30. The van der Waals surface area contributed by atoms with Gasteiger partial charge in [0.15, 0.2) is 0 Å². The first-order chi connectivity index (χ1) is 10.1. The summed E-state index contributed by atoms with van der Waals surface area (Å²) in [5.74, 6) is -0.279. The monoisotopic (exact) mass is 290 g/mol. The maximum atomic E-state index is 12.1. The number of benzene rings is 1. The van der Waals surface area contributed by atoms with E-state index in [0.717, 1.165) is 24.5 Å². The highest BCUT2D eigenvalue weighted by molar-refractivity contribution is 5.99. The smallest absolute Gasteiger partial charge is 0.312 e. The van der Waals surface area contributed by atoms with Gasteiger partial charge in [0.2, 0.25) is 5.91 Å². The lowest BCUT2D eigenvalue weighted by molar-refractivity contribution is -0.117. The summed E-state index contributed by atoms with van der Waals surface area (Å²) in [4.78, 5) is 25.2. The summed E-state index contributed by atoms with van der Waals surface area (Å²) in [6.45, 7) is 3.60. The lowest BCUT2D eigenvalue weighted by atomic mass is 10.1. The molecule has 1 aromatic carbocycles. The largest absolute Gasteiger partial charge is 0.370 e. The van der Waals surface area contributed by atoms with Gasteiger partial charge in [-0.05, 0) is 38.3 Å². The third-order valence-electron chi connectivity index (χ3n) is 3.61. The van der Waals surface area contributed by atoms with Crippen molar-refractivity contribution in [2.24, 2.45) is 5.73 Å². The van der Waals surface area contributed by atoms with Gasteiger partial charge in [0, 0.05) is 13.1 Å². The Balaban J connectivity index is 2.09.